The third-order valence-corrected chi connectivity index (χ3v) is 3.26. The highest BCUT2D eigenvalue weighted by molar-refractivity contribution is 5.83. The number of aromatic amines is 1. The summed E-state index contributed by atoms with van der Waals surface area (Å²) in [5, 5.41) is 1.03. The van der Waals surface area contributed by atoms with E-state index in [1.807, 2.05) is 51.2 Å². The first-order valence-electron chi connectivity index (χ1n) is 7.07. The number of carbonyl (C=O) groups is 1. The molecule has 2 aromatic rings. The largest absolute Gasteiger partial charge is 0.460 e. The van der Waals surface area contributed by atoms with Crippen molar-refractivity contribution in [1.29, 1.82) is 0 Å². The lowest BCUT2D eigenvalue weighted by Gasteiger charge is -2.23. The number of rotatable bonds is 4. The second kappa shape index (κ2) is 5.87. The first-order chi connectivity index (χ1) is 9.78. The van der Waals surface area contributed by atoms with Gasteiger partial charge in [0, 0.05) is 29.2 Å². The molecule has 0 saturated heterocycles. The number of nitrogens with two attached hydrogens (primary N) is 2. The van der Waals surface area contributed by atoms with Gasteiger partial charge in [-0.1, -0.05) is 18.2 Å². The van der Waals surface area contributed by atoms with Crippen LogP contribution in [0.2, 0.25) is 0 Å². The van der Waals surface area contributed by atoms with E-state index < -0.39 is 17.7 Å². The van der Waals surface area contributed by atoms with Crippen LogP contribution in [0.5, 0.6) is 0 Å². The molecular weight excluding hydrogens is 266 g/mol. The van der Waals surface area contributed by atoms with Crippen molar-refractivity contribution in [2.45, 2.75) is 44.9 Å². The Morgan fingerprint density at radius 2 is 1.95 bits per heavy atom. The van der Waals surface area contributed by atoms with Crippen LogP contribution in [0.15, 0.2) is 30.5 Å². The minimum absolute atomic E-state index is 0.0952. The predicted molar refractivity (Wildman–Crippen MR) is 83.7 cm³/mol. The number of esters is 1. The molecule has 0 amide bonds. The highest BCUT2D eigenvalue weighted by Gasteiger charge is 2.24. The second-order valence-corrected chi connectivity index (χ2v) is 6.27. The van der Waals surface area contributed by atoms with Crippen molar-refractivity contribution >= 4 is 16.9 Å². The Morgan fingerprint density at radius 3 is 2.62 bits per heavy atom. The molecule has 5 nitrogen and oxygen atoms in total. The number of para-hydroxylation sites is 1. The van der Waals surface area contributed by atoms with Gasteiger partial charge < -0.3 is 21.2 Å². The van der Waals surface area contributed by atoms with Crippen molar-refractivity contribution in [1.82, 2.24) is 4.98 Å². The van der Waals surface area contributed by atoms with E-state index in [4.69, 9.17) is 16.2 Å². The number of nitrogens with one attached hydrogen (secondary N) is 1. The summed E-state index contributed by atoms with van der Waals surface area (Å²) in [5.74, 6) is -0.328. The summed E-state index contributed by atoms with van der Waals surface area (Å²) >= 11 is 0. The number of hydrogen-bond donors (Lipinski definition) is 3. The number of ether oxygens (including phenoxy) is 1. The van der Waals surface area contributed by atoms with Crippen LogP contribution in [0.4, 0.5) is 0 Å². The van der Waals surface area contributed by atoms with Gasteiger partial charge in [0.25, 0.3) is 0 Å². The Bertz CT molecular complexity index is 628. The summed E-state index contributed by atoms with van der Waals surface area (Å²) in [6.45, 7) is 5.49. The maximum Gasteiger partial charge on any atom is 0.307 e. The second-order valence-electron chi connectivity index (χ2n) is 6.27. The van der Waals surface area contributed by atoms with Gasteiger partial charge in [0.05, 0.1) is 6.42 Å². The van der Waals surface area contributed by atoms with Gasteiger partial charge in [-0.3, -0.25) is 4.79 Å². The van der Waals surface area contributed by atoms with Gasteiger partial charge in [-0.05, 0) is 32.4 Å². The third-order valence-electron chi connectivity index (χ3n) is 3.26. The predicted octanol–water partition coefficient (Wildman–Crippen LogP) is 2.23. The molecule has 2 atom stereocenters. The van der Waals surface area contributed by atoms with Crippen LogP contribution < -0.4 is 11.5 Å². The normalized spacial score (nSPS) is 14.9. The molecule has 2 rings (SSSR count). The highest BCUT2D eigenvalue weighted by Crippen LogP contribution is 2.25. The molecule has 0 saturated carbocycles. The van der Waals surface area contributed by atoms with E-state index in [2.05, 4.69) is 4.98 Å². The molecule has 21 heavy (non-hydrogen) atoms. The molecule has 5 heteroatoms. The van der Waals surface area contributed by atoms with Crippen LogP contribution >= 0.6 is 0 Å². The number of fused-ring (bicyclic) bond motifs is 1. The zero-order chi connectivity index (χ0) is 15.6. The maximum atomic E-state index is 11.8. The SMILES string of the molecule is CC(C)(C)OC(=O)CC(N)C(N)c1c[nH]c2ccccc12. The van der Waals surface area contributed by atoms with E-state index in [-0.39, 0.29) is 12.4 Å². The Labute approximate surface area is 124 Å². The van der Waals surface area contributed by atoms with Crippen LogP contribution in [0.3, 0.4) is 0 Å². The first kappa shape index (κ1) is 15.5. The van der Waals surface area contributed by atoms with Crippen LogP contribution in [0.25, 0.3) is 10.9 Å². The fourth-order valence-electron chi connectivity index (χ4n) is 2.30. The van der Waals surface area contributed by atoms with Crippen molar-refractivity contribution in [3.8, 4) is 0 Å². The van der Waals surface area contributed by atoms with E-state index in [1.54, 1.807) is 0 Å². The molecular formula is C16H23N3O2. The highest BCUT2D eigenvalue weighted by atomic mass is 16.6. The van der Waals surface area contributed by atoms with E-state index in [9.17, 15) is 4.79 Å². The Hall–Kier alpha value is -1.85. The number of carbonyl (C=O) groups excluding carboxylic acids is 1. The molecule has 0 aliphatic heterocycles. The van der Waals surface area contributed by atoms with E-state index >= 15 is 0 Å². The molecule has 2 unspecified atom stereocenters. The first-order valence-corrected chi connectivity index (χ1v) is 7.07. The summed E-state index contributed by atoms with van der Waals surface area (Å²) in [4.78, 5) is 15.0. The molecule has 1 aromatic carbocycles. The molecule has 0 aliphatic carbocycles. The van der Waals surface area contributed by atoms with Crippen LogP contribution in [-0.4, -0.2) is 22.6 Å². The molecule has 0 fully saturated rings. The van der Waals surface area contributed by atoms with Crippen LogP contribution in [0, 0.1) is 0 Å². The Balaban J connectivity index is 2.09. The maximum absolute atomic E-state index is 11.8. The molecule has 0 aliphatic rings. The summed E-state index contributed by atoms with van der Waals surface area (Å²) in [7, 11) is 0. The van der Waals surface area contributed by atoms with E-state index in [0.717, 1.165) is 16.5 Å². The van der Waals surface area contributed by atoms with E-state index in [1.165, 1.54) is 0 Å². The van der Waals surface area contributed by atoms with Crippen molar-refractivity contribution in [3.05, 3.63) is 36.0 Å². The monoisotopic (exact) mass is 289 g/mol. The van der Waals surface area contributed by atoms with Gasteiger partial charge >= 0.3 is 5.97 Å². The van der Waals surface area contributed by atoms with Crippen molar-refractivity contribution < 1.29 is 9.53 Å². The average Bonchev–Trinajstić information content (AvgIpc) is 2.79. The fourth-order valence-corrected chi connectivity index (χ4v) is 2.30. The van der Waals surface area contributed by atoms with Gasteiger partial charge in [0.15, 0.2) is 0 Å². The smallest absolute Gasteiger partial charge is 0.307 e. The quantitative estimate of drug-likeness (QED) is 0.752. The molecule has 114 valence electrons. The third kappa shape index (κ3) is 3.83. The molecule has 0 radical (unpaired) electrons. The Kier molecular flexibility index (Phi) is 4.34. The van der Waals surface area contributed by atoms with Crippen LogP contribution in [0.1, 0.15) is 38.8 Å². The number of aromatic nitrogens is 1. The number of H-pyrrole nitrogens is 1. The van der Waals surface area contributed by atoms with Crippen LogP contribution in [-0.2, 0) is 9.53 Å². The topological polar surface area (TPSA) is 94.1 Å². The number of benzene rings is 1. The van der Waals surface area contributed by atoms with Gasteiger partial charge in [-0.15, -0.1) is 0 Å². The zero-order valence-corrected chi connectivity index (χ0v) is 12.7. The van der Waals surface area contributed by atoms with Gasteiger partial charge in [-0.2, -0.15) is 0 Å². The fraction of sp³-hybridized carbons (Fsp3) is 0.438. The van der Waals surface area contributed by atoms with Gasteiger partial charge in [0.2, 0.25) is 0 Å². The summed E-state index contributed by atoms with van der Waals surface area (Å²) in [5.41, 5.74) is 13.7. The lowest BCUT2D eigenvalue weighted by Crippen LogP contribution is -2.37. The van der Waals surface area contributed by atoms with Crippen molar-refractivity contribution in [3.63, 3.8) is 0 Å². The Morgan fingerprint density at radius 1 is 1.29 bits per heavy atom. The number of hydrogen-bond acceptors (Lipinski definition) is 4. The molecule has 0 bridgehead atoms. The van der Waals surface area contributed by atoms with Gasteiger partial charge in [0.1, 0.15) is 5.60 Å². The molecule has 1 heterocycles. The molecule has 5 N–H and O–H groups in total. The lowest BCUT2D eigenvalue weighted by molar-refractivity contribution is -0.155. The molecule has 0 spiro atoms. The van der Waals surface area contributed by atoms with Crippen molar-refractivity contribution in [2.24, 2.45) is 11.5 Å². The molecule has 1 aromatic heterocycles. The average molecular weight is 289 g/mol. The minimum Gasteiger partial charge on any atom is -0.460 e. The zero-order valence-electron chi connectivity index (χ0n) is 12.7. The van der Waals surface area contributed by atoms with Crippen molar-refractivity contribution in [2.75, 3.05) is 0 Å². The van der Waals surface area contributed by atoms with Gasteiger partial charge in [-0.25, -0.2) is 0 Å². The minimum atomic E-state index is -0.512. The summed E-state index contributed by atoms with van der Waals surface area (Å²) in [6.07, 6.45) is 1.95. The van der Waals surface area contributed by atoms with E-state index in [0.29, 0.717) is 0 Å². The summed E-state index contributed by atoms with van der Waals surface area (Å²) in [6, 6.07) is 6.96. The standard InChI is InChI=1S/C16H23N3O2/c1-16(2,3)21-14(20)8-12(17)15(18)11-9-19-13-7-5-4-6-10(11)13/h4-7,9,12,15,19H,8,17-18H2,1-3H3. The lowest BCUT2D eigenvalue weighted by atomic mass is 9.98. The summed E-state index contributed by atoms with van der Waals surface area (Å²) < 4.78 is 5.28.